The highest BCUT2D eigenvalue weighted by molar-refractivity contribution is 7.16. The molecule has 1 aliphatic heterocycles. The van der Waals surface area contributed by atoms with E-state index in [2.05, 4.69) is 36.6 Å². The summed E-state index contributed by atoms with van der Waals surface area (Å²) in [5.74, 6) is 1.66. The van der Waals surface area contributed by atoms with Crippen molar-refractivity contribution in [3.63, 3.8) is 0 Å². The second-order valence-electron chi connectivity index (χ2n) is 5.34. The third-order valence-electron chi connectivity index (χ3n) is 3.82. The van der Waals surface area contributed by atoms with Crippen LogP contribution in [0.25, 0.3) is 10.2 Å². The minimum absolute atomic E-state index is 0.472. The number of pyridine rings is 1. The maximum absolute atomic E-state index is 5.96. The molecule has 7 nitrogen and oxygen atoms in total. The van der Waals surface area contributed by atoms with Gasteiger partial charge in [0.1, 0.15) is 16.5 Å². The Kier molecular flexibility index (Phi) is 3.68. The van der Waals surface area contributed by atoms with Crippen molar-refractivity contribution in [3.05, 3.63) is 29.8 Å². The van der Waals surface area contributed by atoms with Crippen LogP contribution in [0, 0.1) is 0 Å². The van der Waals surface area contributed by atoms with Crippen LogP contribution in [0.15, 0.2) is 29.8 Å². The van der Waals surface area contributed by atoms with Gasteiger partial charge in [0, 0.05) is 26.2 Å². The van der Waals surface area contributed by atoms with Crippen molar-refractivity contribution >= 4 is 44.8 Å². The normalized spacial score (nSPS) is 15.0. The van der Waals surface area contributed by atoms with Gasteiger partial charge < -0.3 is 21.3 Å². The first-order valence-corrected chi connectivity index (χ1v) is 8.37. The zero-order valence-corrected chi connectivity index (χ0v) is 13.3. The lowest BCUT2D eigenvalue weighted by atomic mass is 10.3. The van der Waals surface area contributed by atoms with Crippen molar-refractivity contribution in [2.75, 3.05) is 42.1 Å². The second-order valence-corrected chi connectivity index (χ2v) is 6.23. The average molecular weight is 327 g/mol. The molecule has 3 aromatic heterocycles. The lowest BCUT2D eigenvalue weighted by Crippen LogP contribution is -2.43. The number of fused-ring (bicyclic) bond motifs is 1. The topological polar surface area (TPSA) is 92.0 Å². The van der Waals surface area contributed by atoms with Gasteiger partial charge in [-0.3, -0.25) is 0 Å². The van der Waals surface area contributed by atoms with Crippen LogP contribution in [0.3, 0.4) is 0 Å². The number of aromatic nitrogens is 3. The second kappa shape index (κ2) is 5.98. The number of hydrogen-bond donors (Lipinski definition) is 3. The Balaban J connectivity index is 1.53. The van der Waals surface area contributed by atoms with Crippen molar-refractivity contribution < 1.29 is 0 Å². The molecule has 0 spiro atoms. The van der Waals surface area contributed by atoms with E-state index >= 15 is 0 Å². The van der Waals surface area contributed by atoms with E-state index in [-0.39, 0.29) is 0 Å². The molecule has 0 aromatic carbocycles. The highest BCUT2D eigenvalue weighted by Gasteiger charge is 2.11. The zero-order valence-electron chi connectivity index (χ0n) is 12.5. The molecule has 1 fully saturated rings. The van der Waals surface area contributed by atoms with Gasteiger partial charge in [-0.2, -0.15) is 4.98 Å². The van der Waals surface area contributed by atoms with E-state index in [9.17, 15) is 0 Å². The van der Waals surface area contributed by atoms with Gasteiger partial charge in [0.2, 0.25) is 5.95 Å². The predicted octanol–water partition coefficient (Wildman–Crippen LogP) is 1.82. The van der Waals surface area contributed by atoms with Gasteiger partial charge >= 0.3 is 0 Å². The van der Waals surface area contributed by atoms with Gasteiger partial charge in [-0.25, -0.2) is 9.97 Å². The molecule has 4 rings (SSSR count). The molecule has 0 bridgehead atoms. The van der Waals surface area contributed by atoms with E-state index in [0.717, 1.165) is 42.1 Å². The molecular formula is C15H17N7S. The summed E-state index contributed by atoms with van der Waals surface area (Å²) in [6, 6.07) is 5.93. The van der Waals surface area contributed by atoms with Gasteiger partial charge in [0.15, 0.2) is 0 Å². The van der Waals surface area contributed by atoms with E-state index in [0.29, 0.717) is 17.6 Å². The smallest absolute Gasteiger partial charge is 0.231 e. The highest BCUT2D eigenvalue weighted by Crippen LogP contribution is 2.25. The van der Waals surface area contributed by atoms with E-state index in [1.165, 1.54) is 0 Å². The molecule has 118 valence electrons. The molecule has 0 atom stereocenters. The molecule has 4 heterocycles. The summed E-state index contributed by atoms with van der Waals surface area (Å²) in [6.07, 6.45) is 1.88. The summed E-state index contributed by atoms with van der Waals surface area (Å²) < 4.78 is 0. The first-order chi connectivity index (χ1) is 11.3. The minimum atomic E-state index is 0.472. The number of thiophene rings is 1. The SMILES string of the molecule is Nc1nc(Nc2ccc(N3CCNCC3)cn2)nc2sccc12. The summed E-state index contributed by atoms with van der Waals surface area (Å²) in [5.41, 5.74) is 7.09. The molecule has 8 heteroatoms. The number of hydrogen-bond acceptors (Lipinski definition) is 8. The summed E-state index contributed by atoms with van der Waals surface area (Å²) in [5, 5.41) is 9.31. The van der Waals surface area contributed by atoms with E-state index < -0.39 is 0 Å². The fraction of sp³-hybridized carbons (Fsp3) is 0.267. The molecule has 1 aliphatic rings. The number of nitrogens with two attached hydrogens (primary N) is 1. The summed E-state index contributed by atoms with van der Waals surface area (Å²) in [7, 11) is 0. The van der Waals surface area contributed by atoms with Crippen LogP contribution >= 0.6 is 11.3 Å². The highest BCUT2D eigenvalue weighted by atomic mass is 32.1. The maximum Gasteiger partial charge on any atom is 0.231 e. The third kappa shape index (κ3) is 2.90. The number of nitrogens with one attached hydrogen (secondary N) is 2. The molecule has 4 N–H and O–H groups in total. The minimum Gasteiger partial charge on any atom is -0.383 e. The first-order valence-electron chi connectivity index (χ1n) is 7.49. The Morgan fingerprint density at radius 3 is 2.83 bits per heavy atom. The quantitative estimate of drug-likeness (QED) is 0.676. The van der Waals surface area contributed by atoms with Crippen LogP contribution in [-0.4, -0.2) is 41.1 Å². The van der Waals surface area contributed by atoms with Crippen LogP contribution < -0.4 is 21.3 Å². The number of nitrogen functional groups attached to an aromatic ring is 1. The standard InChI is InChI=1S/C15H17N7S/c16-13-11-3-8-23-14(11)21-15(20-13)19-12-2-1-10(9-18-12)22-6-4-17-5-7-22/h1-3,8-9,17H,4-7H2,(H3,16,18,19,20,21). The Hall–Kier alpha value is -2.45. The molecule has 0 saturated carbocycles. The molecule has 23 heavy (non-hydrogen) atoms. The fourth-order valence-corrected chi connectivity index (χ4v) is 3.39. The van der Waals surface area contributed by atoms with Crippen LogP contribution in [0.5, 0.6) is 0 Å². The molecule has 3 aromatic rings. The molecular weight excluding hydrogens is 310 g/mol. The van der Waals surface area contributed by atoms with Gasteiger partial charge in [0.05, 0.1) is 17.3 Å². The predicted molar refractivity (Wildman–Crippen MR) is 94.4 cm³/mol. The van der Waals surface area contributed by atoms with Crippen LogP contribution in [0.2, 0.25) is 0 Å². The maximum atomic E-state index is 5.96. The fourth-order valence-electron chi connectivity index (χ4n) is 2.62. The summed E-state index contributed by atoms with van der Waals surface area (Å²) in [4.78, 5) is 16.4. The number of piperazine rings is 1. The summed E-state index contributed by atoms with van der Waals surface area (Å²) >= 11 is 1.54. The van der Waals surface area contributed by atoms with Crippen LogP contribution in [0.1, 0.15) is 0 Å². The van der Waals surface area contributed by atoms with Gasteiger partial charge in [0.25, 0.3) is 0 Å². The van der Waals surface area contributed by atoms with Gasteiger partial charge in [-0.1, -0.05) is 0 Å². The molecule has 0 radical (unpaired) electrons. The monoisotopic (exact) mass is 327 g/mol. The Morgan fingerprint density at radius 1 is 1.17 bits per heavy atom. The molecule has 0 unspecified atom stereocenters. The van der Waals surface area contributed by atoms with Crippen molar-refractivity contribution in [3.8, 4) is 0 Å². The lowest BCUT2D eigenvalue weighted by Gasteiger charge is -2.29. The summed E-state index contributed by atoms with van der Waals surface area (Å²) in [6.45, 7) is 4.02. The number of rotatable bonds is 3. The third-order valence-corrected chi connectivity index (χ3v) is 4.63. The average Bonchev–Trinajstić information content (AvgIpc) is 3.05. The van der Waals surface area contributed by atoms with Gasteiger partial charge in [-0.05, 0) is 23.6 Å². The Labute approximate surface area is 137 Å². The molecule has 0 amide bonds. The van der Waals surface area contributed by atoms with Crippen LogP contribution in [0.4, 0.5) is 23.3 Å². The van der Waals surface area contributed by atoms with Crippen LogP contribution in [-0.2, 0) is 0 Å². The molecule has 1 saturated heterocycles. The largest absolute Gasteiger partial charge is 0.383 e. The lowest BCUT2D eigenvalue weighted by molar-refractivity contribution is 0.589. The molecule has 0 aliphatic carbocycles. The number of nitrogens with zero attached hydrogens (tertiary/aromatic N) is 4. The van der Waals surface area contributed by atoms with E-state index in [4.69, 9.17) is 5.73 Å². The van der Waals surface area contributed by atoms with Crippen molar-refractivity contribution in [2.45, 2.75) is 0 Å². The number of anilines is 4. The zero-order chi connectivity index (χ0) is 15.6. The Morgan fingerprint density at radius 2 is 2.04 bits per heavy atom. The van der Waals surface area contributed by atoms with E-state index in [1.807, 2.05) is 23.7 Å². The van der Waals surface area contributed by atoms with Crippen molar-refractivity contribution in [1.29, 1.82) is 0 Å². The first kappa shape index (κ1) is 14.2. The van der Waals surface area contributed by atoms with Crippen molar-refractivity contribution in [2.24, 2.45) is 0 Å². The van der Waals surface area contributed by atoms with E-state index in [1.54, 1.807) is 11.3 Å². The Bertz CT molecular complexity index is 808. The van der Waals surface area contributed by atoms with Crippen molar-refractivity contribution in [1.82, 2.24) is 20.3 Å². The van der Waals surface area contributed by atoms with Gasteiger partial charge in [-0.15, -0.1) is 11.3 Å².